The van der Waals surface area contributed by atoms with Crippen molar-refractivity contribution in [3.8, 4) is 0 Å². The van der Waals surface area contributed by atoms with Crippen molar-refractivity contribution >= 4 is 0 Å². The van der Waals surface area contributed by atoms with Crippen LogP contribution in [0.15, 0.2) is 24.3 Å². The van der Waals surface area contributed by atoms with Gasteiger partial charge in [0.25, 0.3) is 0 Å². The molecule has 1 aromatic carbocycles. The van der Waals surface area contributed by atoms with Crippen LogP contribution in [0.5, 0.6) is 0 Å². The number of hydrogen-bond donors (Lipinski definition) is 0. The Balaban J connectivity index is 1.94. The van der Waals surface area contributed by atoms with E-state index in [9.17, 15) is 4.39 Å². The van der Waals surface area contributed by atoms with Crippen molar-refractivity contribution in [3.05, 3.63) is 35.6 Å². The van der Waals surface area contributed by atoms with Crippen molar-refractivity contribution in [2.45, 2.75) is 38.5 Å². The average Bonchev–Trinajstić information content (AvgIpc) is 2.60. The highest BCUT2D eigenvalue weighted by Crippen LogP contribution is 2.33. The second-order valence-corrected chi connectivity index (χ2v) is 7.59. The summed E-state index contributed by atoms with van der Waals surface area (Å²) < 4.78 is 19.3. The van der Waals surface area contributed by atoms with Crippen LogP contribution in [0.25, 0.3) is 0 Å². The minimum atomic E-state index is -0.153. The number of likely N-dealkylation sites (N-methyl/N-ethyl adjacent to an activating group) is 1. The lowest BCUT2D eigenvalue weighted by atomic mass is 9.80. The Hall–Kier alpha value is -0.970. The summed E-state index contributed by atoms with van der Waals surface area (Å²) in [5.74, 6) is 0.810. The summed E-state index contributed by atoms with van der Waals surface area (Å²) in [7, 11) is 4.14. The number of unbranched alkanes of at least 4 members (excludes halogenated alkanes) is 2. The van der Waals surface area contributed by atoms with Gasteiger partial charge in [-0.3, -0.25) is 0 Å². The van der Waals surface area contributed by atoms with E-state index in [4.69, 9.17) is 4.74 Å². The fourth-order valence-electron chi connectivity index (χ4n) is 3.70. The van der Waals surface area contributed by atoms with Crippen LogP contribution in [0.3, 0.4) is 0 Å². The Morgan fingerprint density at radius 3 is 2.64 bits per heavy atom. The van der Waals surface area contributed by atoms with Gasteiger partial charge in [-0.25, -0.2) is 4.39 Å². The lowest BCUT2D eigenvalue weighted by Crippen LogP contribution is -2.42. The molecule has 0 saturated carbocycles. The quantitative estimate of drug-likeness (QED) is 0.593. The lowest BCUT2D eigenvalue weighted by Gasteiger charge is -2.39. The third-order valence-electron chi connectivity index (χ3n) is 5.21. The maximum atomic E-state index is 13.3. The Morgan fingerprint density at radius 2 is 1.96 bits per heavy atom. The van der Waals surface area contributed by atoms with E-state index in [0.29, 0.717) is 11.8 Å². The van der Waals surface area contributed by atoms with Gasteiger partial charge >= 0.3 is 0 Å². The highest BCUT2D eigenvalue weighted by molar-refractivity contribution is 5.22. The van der Waals surface area contributed by atoms with Gasteiger partial charge in [0.2, 0.25) is 0 Å². The van der Waals surface area contributed by atoms with E-state index in [1.54, 1.807) is 12.1 Å². The van der Waals surface area contributed by atoms with Crippen molar-refractivity contribution in [1.29, 1.82) is 0 Å². The molecule has 0 aromatic heterocycles. The van der Waals surface area contributed by atoms with E-state index in [1.165, 1.54) is 31.4 Å². The molecular weight excluding hydrogens is 315 g/mol. The zero-order chi connectivity index (χ0) is 18.1. The highest BCUT2D eigenvalue weighted by Gasteiger charge is 2.30. The van der Waals surface area contributed by atoms with Crippen molar-refractivity contribution in [1.82, 2.24) is 9.80 Å². The molecule has 1 fully saturated rings. The number of piperidine rings is 1. The predicted molar refractivity (Wildman–Crippen MR) is 103 cm³/mol. The Labute approximate surface area is 153 Å². The first-order valence-electron chi connectivity index (χ1n) is 9.80. The topological polar surface area (TPSA) is 15.7 Å². The molecule has 0 N–H and O–H groups in total. The fourth-order valence-corrected chi connectivity index (χ4v) is 3.70. The molecule has 1 heterocycles. The molecule has 0 spiro atoms. The number of likely N-dealkylation sites (tertiary alicyclic amines) is 1. The molecule has 2 atom stereocenters. The lowest BCUT2D eigenvalue weighted by molar-refractivity contribution is 0.0427. The third-order valence-corrected chi connectivity index (χ3v) is 5.21. The monoisotopic (exact) mass is 350 g/mol. The smallest absolute Gasteiger partial charge is 0.123 e. The van der Waals surface area contributed by atoms with E-state index in [1.807, 2.05) is 12.1 Å². The molecule has 142 valence electrons. The normalized spacial score (nSPS) is 21.8. The molecule has 0 radical (unpaired) electrons. The van der Waals surface area contributed by atoms with E-state index in [-0.39, 0.29) is 5.82 Å². The van der Waals surface area contributed by atoms with Crippen LogP contribution in [0, 0.1) is 11.7 Å². The van der Waals surface area contributed by atoms with Crippen molar-refractivity contribution in [3.63, 3.8) is 0 Å². The molecular formula is C21H35FN2O. The predicted octanol–water partition coefficient (Wildman–Crippen LogP) is 4.00. The van der Waals surface area contributed by atoms with Gasteiger partial charge in [-0.2, -0.15) is 0 Å². The summed E-state index contributed by atoms with van der Waals surface area (Å²) in [6.45, 7) is 8.19. The minimum Gasteiger partial charge on any atom is -0.380 e. The molecule has 1 aliphatic heterocycles. The van der Waals surface area contributed by atoms with Gasteiger partial charge in [-0.1, -0.05) is 31.9 Å². The number of hydrogen-bond acceptors (Lipinski definition) is 3. The zero-order valence-electron chi connectivity index (χ0n) is 16.2. The maximum absolute atomic E-state index is 13.3. The minimum absolute atomic E-state index is 0.153. The van der Waals surface area contributed by atoms with E-state index < -0.39 is 0 Å². The Kier molecular flexibility index (Phi) is 8.87. The van der Waals surface area contributed by atoms with Crippen LogP contribution in [0.1, 0.15) is 44.1 Å². The summed E-state index contributed by atoms with van der Waals surface area (Å²) in [4.78, 5) is 4.74. The summed E-state index contributed by atoms with van der Waals surface area (Å²) >= 11 is 0. The molecule has 1 aromatic rings. The molecule has 3 nitrogen and oxygen atoms in total. The van der Waals surface area contributed by atoms with Gasteiger partial charge in [0.1, 0.15) is 5.82 Å². The fraction of sp³-hybridized carbons (Fsp3) is 0.714. The van der Waals surface area contributed by atoms with Crippen LogP contribution >= 0.6 is 0 Å². The number of halogens is 1. The van der Waals surface area contributed by atoms with Gasteiger partial charge in [0.15, 0.2) is 0 Å². The van der Waals surface area contributed by atoms with Gasteiger partial charge in [-0.05, 0) is 63.6 Å². The average molecular weight is 351 g/mol. The van der Waals surface area contributed by atoms with Crippen LogP contribution in [-0.4, -0.2) is 63.3 Å². The number of benzene rings is 1. The molecule has 2 unspecified atom stereocenters. The standard InChI is InChI=1S/C21H35FN2O/c1-4-5-6-12-24-13-11-21(18-7-9-20(22)10-8-18)19(16-24)17-25-15-14-23(2)3/h7-10,19,21H,4-6,11-17H2,1-3H3. The maximum Gasteiger partial charge on any atom is 0.123 e. The first-order valence-corrected chi connectivity index (χ1v) is 9.80. The summed E-state index contributed by atoms with van der Waals surface area (Å²) in [6, 6.07) is 7.10. The van der Waals surface area contributed by atoms with Gasteiger partial charge in [-0.15, -0.1) is 0 Å². The zero-order valence-corrected chi connectivity index (χ0v) is 16.2. The number of ether oxygens (including phenoxy) is 1. The van der Waals surface area contributed by atoms with Crippen LogP contribution in [0.2, 0.25) is 0 Å². The molecule has 0 bridgehead atoms. The van der Waals surface area contributed by atoms with Gasteiger partial charge in [0, 0.05) is 19.0 Å². The highest BCUT2D eigenvalue weighted by atomic mass is 19.1. The van der Waals surface area contributed by atoms with Crippen LogP contribution in [0.4, 0.5) is 4.39 Å². The van der Waals surface area contributed by atoms with E-state index >= 15 is 0 Å². The first-order chi connectivity index (χ1) is 12.1. The summed E-state index contributed by atoms with van der Waals surface area (Å²) in [5.41, 5.74) is 1.26. The molecule has 0 aliphatic carbocycles. The SMILES string of the molecule is CCCCCN1CCC(c2ccc(F)cc2)C(COCCN(C)C)C1. The van der Waals surface area contributed by atoms with E-state index in [2.05, 4.69) is 30.8 Å². The molecule has 1 aliphatic rings. The Morgan fingerprint density at radius 1 is 1.20 bits per heavy atom. The van der Waals surface area contributed by atoms with E-state index in [0.717, 1.165) is 39.3 Å². The molecule has 2 rings (SSSR count). The van der Waals surface area contributed by atoms with Crippen LogP contribution < -0.4 is 0 Å². The third kappa shape index (κ3) is 7.04. The van der Waals surface area contributed by atoms with Crippen molar-refractivity contribution in [2.75, 3.05) is 53.5 Å². The molecule has 4 heteroatoms. The molecule has 1 saturated heterocycles. The van der Waals surface area contributed by atoms with Crippen molar-refractivity contribution in [2.24, 2.45) is 5.92 Å². The largest absolute Gasteiger partial charge is 0.380 e. The molecule has 25 heavy (non-hydrogen) atoms. The number of rotatable bonds is 10. The van der Waals surface area contributed by atoms with Crippen molar-refractivity contribution < 1.29 is 9.13 Å². The van der Waals surface area contributed by atoms with Crippen LogP contribution in [-0.2, 0) is 4.74 Å². The Bertz CT molecular complexity index is 477. The molecule has 0 amide bonds. The first kappa shape index (κ1) is 20.3. The second kappa shape index (κ2) is 10.9. The van der Waals surface area contributed by atoms with Gasteiger partial charge < -0.3 is 14.5 Å². The summed E-state index contributed by atoms with van der Waals surface area (Å²) in [6.07, 6.45) is 5.00. The summed E-state index contributed by atoms with van der Waals surface area (Å²) in [5, 5.41) is 0. The second-order valence-electron chi connectivity index (χ2n) is 7.59. The number of nitrogens with zero attached hydrogens (tertiary/aromatic N) is 2. The van der Waals surface area contributed by atoms with Gasteiger partial charge in [0.05, 0.1) is 13.2 Å².